The zero-order chi connectivity index (χ0) is 17.9. The Morgan fingerprint density at radius 3 is 2.80 bits per heavy atom. The lowest BCUT2D eigenvalue weighted by Crippen LogP contribution is -2.57. The Morgan fingerprint density at radius 1 is 1.36 bits per heavy atom. The minimum absolute atomic E-state index is 0.0926. The van der Waals surface area contributed by atoms with Gasteiger partial charge in [-0.05, 0) is 12.1 Å². The van der Waals surface area contributed by atoms with Gasteiger partial charge in [0.1, 0.15) is 6.04 Å². The normalized spacial score (nSPS) is 18.6. The highest BCUT2D eigenvalue weighted by Gasteiger charge is 2.39. The van der Waals surface area contributed by atoms with Crippen LogP contribution in [0.2, 0.25) is 0 Å². The van der Waals surface area contributed by atoms with E-state index >= 15 is 0 Å². The number of carbonyl (C=O) groups excluding carboxylic acids is 2. The number of nitrogens with zero attached hydrogens (tertiary/aromatic N) is 2. The number of anilines is 1. The second-order valence-corrected chi connectivity index (χ2v) is 8.11. The molecule has 0 aliphatic carbocycles. The molecule has 0 unspecified atom stereocenters. The number of carbonyl (C=O) groups is 2. The summed E-state index contributed by atoms with van der Waals surface area (Å²) in [6.45, 7) is 0.313. The monoisotopic (exact) mass is 380 g/mol. The van der Waals surface area contributed by atoms with E-state index in [4.69, 9.17) is 0 Å². The van der Waals surface area contributed by atoms with E-state index in [1.165, 1.54) is 23.5 Å². The maximum atomic E-state index is 12.8. The van der Waals surface area contributed by atoms with Gasteiger partial charge in [-0.25, -0.2) is 13.4 Å². The number of nitrogens with one attached hydrogen (secondary N) is 2. The van der Waals surface area contributed by atoms with Gasteiger partial charge in [-0.3, -0.25) is 9.59 Å². The van der Waals surface area contributed by atoms with Crippen LogP contribution in [0.3, 0.4) is 0 Å². The molecule has 25 heavy (non-hydrogen) atoms. The fourth-order valence-corrected chi connectivity index (χ4v) is 4.69. The number of sulfonamides is 1. The van der Waals surface area contributed by atoms with Crippen LogP contribution in [0.15, 0.2) is 46.8 Å². The van der Waals surface area contributed by atoms with Crippen molar-refractivity contribution < 1.29 is 18.0 Å². The first-order chi connectivity index (χ1) is 12.0. The Labute approximate surface area is 148 Å². The van der Waals surface area contributed by atoms with Crippen LogP contribution in [0, 0.1) is 0 Å². The smallest absolute Gasteiger partial charge is 0.243 e. The van der Waals surface area contributed by atoms with Gasteiger partial charge in [0.2, 0.25) is 21.8 Å². The molecule has 1 aromatic heterocycles. The summed E-state index contributed by atoms with van der Waals surface area (Å²) in [7, 11) is -3.87. The molecule has 0 radical (unpaired) electrons. The molecule has 132 valence electrons. The van der Waals surface area contributed by atoms with Crippen molar-refractivity contribution in [2.45, 2.75) is 17.4 Å². The Balaban J connectivity index is 1.81. The van der Waals surface area contributed by atoms with E-state index in [1.807, 2.05) is 0 Å². The van der Waals surface area contributed by atoms with Crippen molar-refractivity contribution in [3.05, 3.63) is 41.9 Å². The van der Waals surface area contributed by atoms with Crippen LogP contribution in [-0.2, 0) is 19.6 Å². The van der Waals surface area contributed by atoms with Gasteiger partial charge in [-0.15, -0.1) is 11.3 Å². The lowest BCUT2D eigenvalue weighted by atomic mass is 10.1. The van der Waals surface area contributed by atoms with Gasteiger partial charge in [0.25, 0.3) is 0 Å². The maximum Gasteiger partial charge on any atom is 0.243 e. The molecule has 10 heteroatoms. The molecule has 1 aliphatic rings. The maximum absolute atomic E-state index is 12.8. The molecule has 0 spiro atoms. The molecule has 1 saturated heterocycles. The van der Waals surface area contributed by atoms with Crippen molar-refractivity contribution >= 4 is 38.3 Å². The van der Waals surface area contributed by atoms with E-state index in [0.717, 1.165) is 4.31 Å². The van der Waals surface area contributed by atoms with Gasteiger partial charge in [-0.2, -0.15) is 4.31 Å². The Hall–Kier alpha value is -2.30. The first-order valence-corrected chi connectivity index (χ1v) is 9.84. The van der Waals surface area contributed by atoms with Crippen LogP contribution in [-0.4, -0.2) is 48.7 Å². The lowest BCUT2D eigenvalue weighted by molar-refractivity contribution is -0.130. The van der Waals surface area contributed by atoms with E-state index in [2.05, 4.69) is 15.6 Å². The Bertz CT molecular complexity index is 853. The standard InChI is InChI=1S/C15H16N4O4S2/c20-13(18-15-17-7-9-24-15)10-12-14(21)16-6-8-19(12)25(22,23)11-4-2-1-3-5-11/h1-5,7,9,12H,6,8,10H2,(H,16,21)(H,17,18,20)/t12-/m0/s1. The highest BCUT2D eigenvalue weighted by molar-refractivity contribution is 7.89. The molecule has 1 aliphatic heterocycles. The number of aromatic nitrogens is 1. The van der Waals surface area contributed by atoms with Crippen molar-refractivity contribution in [3.63, 3.8) is 0 Å². The summed E-state index contributed by atoms with van der Waals surface area (Å²) in [4.78, 5) is 28.4. The number of amides is 2. The van der Waals surface area contributed by atoms with E-state index in [1.54, 1.807) is 29.8 Å². The molecule has 1 aromatic carbocycles. The third-order valence-corrected chi connectivity index (χ3v) is 6.30. The van der Waals surface area contributed by atoms with E-state index in [0.29, 0.717) is 5.13 Å². The van der Waals surface area contributed by atoms with Gasteiger partial charge in [0.15, 0.2) is 5.13 Å². The molecular weight excluding hydrogens is 364 g/mol. The zero-order valence-electron chi connectivity index (χ0n) is 13.1. The lowest BCUT2D eigenvalue weighted by Gasteiger charge is -2.33. The number of hydrogen-bond acceptors (Lipinski definition) is 6. The van der Waals surface area contributed by atoms with Crippen LogP contribution in [0.25, 0.3) is 0 Å². The molecule has 2 heterocycles. The summed E-state index contributed by atoms with van der Waals surface area (Å²) in [5.41, 5.74) is 0. The molecule has 8 nitrogen and oxygen atoms in total. The van der Waals surface area contributed by atoms with Crippen LogP contribution in [0.1, 0.15) is 6.42 Å². The molecule has 3 rings (SSSR count). The summed E-state index contributed by atoms with van der Waals surface area (Å²) in [6, 6.07) is 6.77. The molecule has 2 N–H and O–H groups in total. The molecule has 0 bridgehead atoms. The van der Waals surface area contributed by atoms with Gasteiger partial charge in [0, 0.05) is 24.7 Å². The van der Waals surface area contributed by atoms with Crippen LogP contribution >= 0.6 is 11.3 Å². The summed E-state index contributed by atoms with van der Waals surface area (Å²) in [5.74, 6) is -0.953. The number of benzene rings is 1. The third-order valence-electron chi connectivity index (χ3n) is 3.69. The average molecular weight is 380 g/mol. The van der Waals surface area contributed by atoms with Crippen molar-refractivity contribution in [2.24, 2.45) is 0 Å². The molecule has 1 fully saturated rings. The van der Waals surface area contributed by atoms with Crippen molar-refractivity contribution in [1.82, 2.24) is 14.6 Å². The predicted molar refractivity (Wildman–Crippen MR) is 92.5 cm³/mol. The van der Waals surface area contributed by atoms with Crippen molar-refractivity contribution in [3.8, 4) is 0 Å². The van der Waals surface area contributed by atoms with Crippen molar-refractivity contribution in [2.75, 3.05) is 18.4 Å². The summed E-state index contributed by atoms with van der Waals surface area (Å²) in [5, 5.41) is 7.29. The van der Waals surface area contributed by atoms with Crippen molar-refractivity contribution in [1.29, 1.82) is 0 Å². The minimum Gasteiger partial charge on any atom is -0.353 e. The van der Waals surface area contributed by atoms with Crippen LogP contribution < -0.4 is 10.6 Å². The van der Waals surface area contributed by atoms with Crippen LogP contribution in [0.5, 0.6) is 0 Å². The van der Waals surface area contributed by atoms with Gasteiger partial charge < -0.3 is 10.6 Å². The second kappa shape index (κ2) is 7.30. The van der Waals surface area contributed by atoms with E-state index in [-0.39, 0.29) is 24.4 Å². The number of thiazole rings is 1. The molecule has 0 saturated carbocycles. The first kappa shape index (κ1) is 17.5. The van der Waals surface area contributed by atoms with E-state index in [9.17, 15) is 18.0 Å². The average Bonchev–Trinajstić information content (AvgIpc) is 3.10. The van der Waals surface area contributed by atoms with Gasteiger partial charge in [0.05, 0.1) is 11.3 Å². The first-order valence-electron chi connectivity index (χ1n) is 7.52. The Kier molecular flexibility index (Phi) is 5.11. The summed E-state index contributed by atoms with van der Waals surface area (Å²) in [6.07, 6.45) is 1.26. The third kappa shape index (κ3) is 3.86. The fraction of sp³-hybridized carbons (Fsp3) is 0.267. The quantitative estimate of drug-likeness (QED) is 0.792. The molecular formula is C15H16N4O4S2. The molecule has 2 amide bonds. The highest BCUT2D eigenvalue weighted by atomic mass is 32.2. The number of hydrogen-bond donors (Lipinski definition) is 2. The fourth-order valence-electron chi connectivity index (χ4n) is 2.53. The summed E-state index contributed by atoms with van der Waals surface area (Å²) >= 11 is 1.24. The Morgan fingerprint density at radius 2 is 2.12 bits per heavy atom. The number of rotatable bonds is 5. The second-order valence-electron chi connectivity index (χ2n) is 5.33. The SMILES string of the molecule is O=C(C[C@H]1C(=O)NCCN1S(=O)(=O)c1ccccc1)Nc1nccs1. The van der Waals surface area contributed by atoms with E-state index < -0.39 is 27.9 Å². The predicted octanol–water partition coefficient (Wildman–Crippen LogP) is 0.661. The minimum atomic E-state index is -3.87. The van der Waals surface area contributed by atoms with Gasteiger partial charge >= 0.3 is 0 Å². The van der Waals surface area contributed by atoms with Gasteiger partial charge in [-0.1, -0.05) is 18.2 Å². The topological polar surface area (TPSA) is 108 Å². The van der Waals surface area contributed by atoms with Crippen LogP contribution in [0.4, 0.5) is 5.13 Å². The summed E-state index contributed by atoms with van der Waals surface area (Å²) < 4.78 is 26.8. The molecule has 2 aromatic rings. The largest absolute Gasteiger partial charge is 0.353 e. The number of piperazine rings is 1. The zero-order valence-corrected chi connectivity index (χ0v) is 14.7. The molecule has 1 atom stereocenters. The highest BCUT2D eigenvalue weighted by Crippen LogP contribution is 2.22.